The van der Waals surface area contributed by atoms with E-state index in [1.165, 1.54) is 5.71 Å². The highest BCUT2D eigenvalue weighted by Crippen LogP contribution is 2.19. The minimum Gasteiger partial charge on any atom is -0.328 e. The SMILES string of the molecule is CN=C(CCC(C)N)C(C)(C)C. The van der Waals surface area contributed by atoms with Gasteiger partial charge in [0, 0.05) is 18.8 Å². The van der Waals surface area contributed by atoms with E-state index in [-0.39, 0.29) is 11.5 Å². The molecule has 1 unspecified atom stereocenters. The first-order chi connectivity index (χ1) is 5.38. The minimum absolute atomic E-state index is 0.198. The molecule has 0 fully saturated rings. The third kappa shape index (κ3) is 4.50. The molecule has 0 radical (unpaired) electrons. The van der Waals surface area contributed by atoms with E-state index >= 15 is 0 Å². The van der Waals surface area contributed by atoms with E-state index in [0.29, 0.717) is 0 Å². The van der Waals surface area contributed by atoms with Crippen LogP contribution in [0.25, 0.3) is 0 Å². The highest BCUT2D eigenvalue weighted by Gasteiger charge is 2.17. The Hall–Kier alpha value is -0.370. The molecule has 0 saturated carbocycles. The van der Waals surface area contributed by atoms with Crippen LogP contribution in [0.1, 0.15) is 40.5 Å². The van der Waals surface area contributed by atoms with Gasteiger partial charge in [0.2, 0.25) is 0 Å². The molecular weight excluding hydrogens is 148 g/mol. The Bertz CT molecular complexity index is 152. The molecule has 1 atom stereocenters. The lowest BCUT2D eigenvalue weighted by Gasteiger charge is -2.21. The maximum atomic E-state index is 5.68. The van der Waals surface area contributed by atoms with Crippen LogP contribution in [0, 0.1) is 5.41 Å². The zero-order chi connectivity index (χ0) is 9.78. The Balaban J connectivity index is 4.04. The van der Waals surface area contributed by atoms with Crippen molar-refractivity contribution in [2.24, 2.45) is 16.1 Å². The Morgan fingerprint density at radius 2 is 1.92 bits per heavy atom. The van der Waals surface area contributed by atoms with Gasteiger partial charge in [-0.25, -0.2) is 0 Å². The maximum Gasteiger partial charge on any atom is 0.0276 e. The van der Waals surface area contributed by atoms with Crippen molar-refractivity contribution in [3.63, 3.8) is 0 Å². The second kappa shape index (κ2) is 4.61. The first-order valence-corrected chi connectivity index (χ1v) is 4.59. The molecule has 0 amide bonds. The molecule has 2 heteroatoms. The molecule has 12 heavy (non-hydrogen) atoms. The third-order valence-corrected chi connectivity index (χ3v) is 1.97. The van der Waals surface area contributed by atoms with Crippen LogP contribution in [0.5, 0.6) is 0 Å². The molecule has 2 N–H and O–H groups in total. The van der Waals surface area contributed by atoms with E-state index in [4.69, 9.17) is 5.73 Å². The lowest BCUT2D eigenvalue weighted by molar-refractivity contribution is 0.561. The second-order valence-electron chi connectivity index (χ2n) is 4.44. The van der Waals surface area contributed by atoms with E-state index in [1.807, 2.05) is 14.0 Å². The normalized spacial score (nSPS) is 16.3. The predicted octanol–water partition coefficient (Wildman–Crippen LogP) is 2.23. The highest BCUT2D eigenvalue weighted by atomic mass is 14.7. The largest absolute Gasteiger partial charge is 0.328 e. The summed E-state index contributed by atoms with van der Waals surface area (Å²) in [6, 6.07) is 0.282. The Kier molecular flexibility index (Phi) is 4.46. The number of nitrogens with zero attached hydrogens (tertiary/aromatic N) is 1. The van der Waals surface area contributed by atoms with Crippen molar-refractivity contribution < 1.29 is 0 Å². The van der Waals surface area contributed by atoms with Crippen LogP contribution in [-0.2, 0) is 0 Å². The van der Waals surface area contributed by atoms with E-state index < -0.39 is 0 Å². The molecule has 0 aliphatic carbocycles. The van der Waals surface area contributed by atoms with E-state index in [2.05, 4.69) is 25.8 Å². The van der Waals surface area contributed by atoms with Crippen molar-refractivity contribution >= 4 is 5.71 Å². The smallest absolute Gasteiger partial charge is 0.0276 e. The summed E-state index contributed by atoms with van der Waals surface area (Å²) in [6.07, 6.45) is 2.06. The third-order valence-electron chi connectivity index (χ3n) is 1.97. The topological polar surface area (TPSA) is 38.4 Å². The second-order valence-corrected chi connectivity index (χ2v) is 4.44. The van der Waals surface area contributed by atoms with Gasteiger partial charge in [-0.15, -0.1) is 0 Å². The summed E-state index contributed by atoms with van der Waals surface area (Å²) in [4.78, 5) is 4.29. The molecule has 0 bridgehead atoms. The average molecular weight is 170 g/mol. The van der Waals surface area contributed by atoms with Gasteiger partial charge < -0.3 is 5.73 Å². The summed E-state index contributed by atoms with van der Waals surface area (Å²) in [5.74, 6) is 0. The van der Waals surface area contributed by atoms with Crippen LogP contribution in [0.3, 0.4) is 0 Å². The molecule has 0 aromatic carbocycles. The minimum atomic E-state index is 0.198. The van der Waals surface area contributed by atoms with Crippen molar-refractivity contribution in [1.29, 1.82) is 0 Å². The molecule has 0 aromatic heterocycles. The fourth-order valence-electron chi connectivity index (χ4n) is 1.19. The number of hydrogen-bond acceptors (Lipinski definition) is 2. The fraction of sp³-hybridized carbons (Fsp3) is 0.900. The van der Waals surface area contributed by atoms with Gasteiger partial charge in [-0.1, -0.05) is 20.8 Å². The molecule has 0 rings (SSSR count). The summed E-state index contributed by atoms with van der Waals surface area (Å²) >= 11 is 0. The fourth-order valence-corrected chi connectivity index (χ4v) is 1.19. The number of rotatable bonds is 3. The van der Waals surface area contributed by atoms with Crippen LogP contribution >= 0.6 is 0 Å². The monoisotopic (exact) mass is 170 g/mol. The van der Waals surface area contributed by atoms with Gasteiger partial charge in [0.05, 0.1) is 0 Å². The Morgan fingerprint density at radius 1 is 1.42 bits per heavy atom. The highest BCUT2D eigenvalue weighted by molar-refractivity contribution is 5.89. The standard InChI is InChI=1S/C10H22N2/c1-8(11)6-7-9(12-5)10(2,3)4/h8H,6-7,11H2,1-5H3. The lowest BCUT2D eigenvalue weighted by atomic mass is 9.86. The van der Waals surface area contributed by atoms with Gasteiger partial charge in [-0.2, -0.15) is 0 Å². The molecule has 0 spiro atoms. The molecule has 0 heterocycles. The molecule has 0 aliphatic rings. The zero-order valence-electron chi connectivity index (χ0n) is 9.02. The van der Waals surface area contributed by atoms with Gasteiger partial charge in [0.15, 0.2) is 0 Å². The first-order valence-electron chi connectivity index (χ1n) is 4.59. The zero-order valence-corrected chi connectivity index (χ0v) is 9.02. The Morgan fingerprint density at radius 3 is 2.17 bits per heavy atom. The van der Waals surface area contributed by atoms with Crippen molar-refractivity contribution in [2.75, 3.05) is 7.05 Å². The number of hydrogen-bond donors (Lipinski definition) is 1. The molecule has 0 aliphatic heterocycles. The molecule has 2 nitrogen and oxygen atoms in total. The maximum absolute atomic E-state index is 5.68. The van der Waals surface area contributed by atoms with Crippen molar-refractivity contribution in [3.8, 4) is 0 Å². The summed E-state index contributed by atoms with van der Waals surface area (Å²) in [5, 5.41) is 0. The van der Waals surface area contributed by atoms with Crippen LogP contribution in [0.4, 0.5) is 0 Å². The van der Waals surface area contributed by atoms with E-state index in [0.717, 1.165) is 12.8 Å². The van der Waals surface area contributed by atoms with E-state index in [1.54, 1.807) is 0 Å². The van der Waals surface area contributed by atoms with E-state index in [9.17, 15) is 0 Å². The van der Waals surface area contributed by atoms with Gasteiger partial charge in [0.25, 0.3) is 0 Å². The quantitative estimate of drug-likeness (QED) is 0.648. The van der Waals surface area contributed by atoms with Gasteiger partial charge >= 0.3 is 0 Å². The number of nitrogens with two attached hydrogens (primary N) is 1. The van der Waals surface area contributed by atoms with Crippen LogP contribution < -0.4 is 5.73 Å². The summed E-state index contributed by atoms with van der Waals surface area (Å²) < 4.78 is 0. The summed E-state index contributed by atoms with van der Waals surface area (Å²) in [7, 11) is 1.86. The summed E-state index contributed by atoms with van der Waals surface area (Å²) in [5.41, 5.74) is 7.15. The molecule has 72 valence electrons. The van der Waals surface area contributed by atoms with Crippen molar-refractivity contribution in [1.82, 2.24) is 0 Å². The predicted molar refractivity (Wildman–Crippen MR) is 55.7 cm³/mol. The molecular formula is C10H22N2. The summed E-state index contributed by atoms with van der Waals surface area (Å²) in [6.45, 7) is 8.61. The average Bonchev–Trinajstić information content (AvgIpc) is 1.85. The van der Waals surface area contributed by atoms with Crippen LogP contribution in [0.15, 0.2) is 4.99 Å². The number of aliphatic imine (C=N–C) groups is 1. The van der Waals surface area contributed by atoms with Crippen LogP contribution in [0.2, 0.25) is 0 Å². The van der Waals surface area contributed by atoms with Crippen molar-refractivity contribution in [3.05, 3.63) is 0 Å². The van der Waals surface area contributed by atoms with Gasteiger partial charge in [0.1, 0.15) is 0 Å². The van der Waals surface area contributed by atoms with Crippen LogP contribution in [-0.4, -0.2) is 18.8 Å². The van der Waals surface area contributed by atoms with Gasteiger partial charge in [-0.05, 0) is 25.2 Å². The molecule has 0 saturated heterocycles. The molecule has 0 aromatic rings. The first kappa shape index (κ1) is 11.6. The lowest BCUT2D eigenvalue weighted by Crippen LogP contribution is -2.23. The van der Waals surface area contributed by atoms with Gasteiger partial charge in [-0.3, -0.25) is 4.99 Å². The van der Waals surface area contributed by atoms with Crippen molar-refractivity contribution in [2.45, 2.75) is 46.6 Å². The Labute approximate surface area is 76.3 Å².